The third-order valence-electron chi connectivity index (χ3n) is 3.90. The van der Waals surface area contributed by atoms with Crippen LogP contribution in [0.5, 0.6) is 5.75 Å². The van der Waals surface area contributed by atoms with Crippen molar-refractivity contribution in [2.45, 2.75) is 0 Å². The molecule has 2 N–H and O–H groups in total. The molecule has 2 aromatic carbocycles. The van der Waals surface area contributed by atoms with Gasteiger partial charge in [0.25, 0.3) is 0 Å². The zero-order valence-electron chi connectivity index (χ0n) is 12.9. The fourth-order valence-corrected chi connectivity index (χ4v) is 2.78. The van der Waals surface area contributed by atoms with Crippen molar-refractivity contribution in [1.29, 1.82) is 0 Å². The molecule has 0 fully saturated rings. The van der Waals surface area contributed by atoms with Crippen molar-refractivity contribution in [1.82, 2.24) is 20.2 Å². The molecule has 0 atom stereocenters. The lowest BCUT2D eigenvalue weighted by molar-refractivity contribution is 0.416. The smallest absolute Gasteiger partial charge is 0.345 e. The zero-order valence-corrected chi connectivity index (χ0v) is 12.9. The van der Waals surface area contributed by atoms with Gasteiger partial charge in [-0.05, 0) is 30.3 Å². The highest BCUT2D eigenvalue weighted by Gasteiger charge is 2.13. The molecule has 0 saturated carbocycles. The molecule has 0 saturated heterocycles. The van der Waals surface area contributed by atoms with Gasteiger partial charge in [0.15, 0.2) is 0 Å². The first-order chi connectivity index (χ1) is 11.8. The van der Waals surface area contributed by atoms with Gasteiger partial charge in [-0.25, -0.2) is 4.79 Å². The number of aromatic nitrogens is 4. The molecule has 24 heavy (non-hydrogen) atoms. The van der Waals surface area contributed by atoms with Crippen molar-refractivity contribution in [3.8, 4) is 28.3 Å². The van der Waals surface area contributed by atoms with E-state index in [-0.39, 0.29) is 0 Å². The van der Waals surface area contributed by atoms with Crippen LogP contribution >= 0.6 is 0 Å². The summed E-state index contributed by atoms with van der Waals surface area (Å²) in [6.07, 6.45) is 1.70. The van der Waals surface area contributed by atoms with E-state index >= 15 is 0 Å². The van der Waals surface area contributed by atoms with Crippen LogP contribution in [0.15, 0.2) is 59.5 Å². The van der Waals surface area contributed by atoms with Crippen LogP contribution in [0.3, 0.4) is 0 Å². The molecular formula is C18H14N4O2. The number of benzene rings is 2. The predicted octanol–water partition coefficient (Wildman–Crippen LogP) is 2.99. The van der Waals surface area contributed by atoms with Crippen LogP contribution in [0.1, 0.15) is 0 Å². The SMILES string of the molecule is COc1ccccc1-c1nc(=O)[nH]c2ccc(-c3ccn[nH]3)cc12. The number of rotatable bonds is 3. The maximum Gasteiger partial charge on any atom is 0.345 e. The third kappa shape index (κ3) is 2.34. The molecule has 6 heteroatoms. The highest BCUT2D eigenvalue weighted by atomic mass is 16.5. The molecule has 0 radical (unpaired) electrons. The molecule has 2 aromatic heterocycles. The molecule has 0 aliphatic carbocycles. The Kier molecular flexibility index (Phi) is 3.35. The normalized spacial score (nSPS) is 10.9. The number of H-pyrrole nitrogens is 2. The molecule has 0 aliphatic rings. The summed E-state index contributed by atoms with van der Waals surface area (Å²) in [5, 5.41) is 7.77. The van der Waals surface area contributed by atoms with Crippen molar-refractivity contribution >= 4 is 10.9 Å². The number of methoxy groups -OCH3 is 1. The van der Waals surface area contributed by atoms with Crippen LogP contribution in [0.2, 0.25) is 0 Å². The molecule has 0 aliphatic heterocycles. The average molecular weight is 318 g/mol. The molecule has 118 valence electrons. The van der Waals surface area contributed by atoms with Gasteiger partial charge in [-0.2, -0.15) is 10.1 Å². The first-order valence-corrected chi connectivity index (χ1v) is 7.43. The van der Waals surface area contributed by atoms with Crippen molar-refractivity contribution < 1.29 is 4.74 Å². The summed E-state index contributed by atoms with van der Waals surface area (Å²) in [4.78, 5) is 18.9. The summed E-state index contributed by atoms with van der Waals surface area (Å²) in [5.41, 5.74) is 3.56. The maximum absolute atomic E-state index is 12.0. The fraction of sp³-hybridized carbons (Fsp3) is 0.0556. The lowest BCUT2D eigenvalue weighted by atomic mass is 10.0. The van der Waals surface area contributed by atoms with Gasteiger partial charge in [0.05, 0.1) is 24.0 Å². The first-order valence-electron chi connectivity index (χ1n) is 7.43. The Morgan fingerprint density at radius 2 is 1.96 bits per heavy atom. The van der Waals surface area contributed by atoms with E-state index in [9.17, 15) is 4.79 Å². The average Bonchev–Trinajstić information content (AvgIpc) is 3.15. The Hall–Kier alpha value is -3.41. The summed E-state index contributed by atoms with van der Waals surface area (Å²) in [6.45, 7) is 0. The van der Waals surface area contributed by atoms with Gasteiger partial charge >= 0.3 is 5.69 Å². The Labute approximate surface area is 137 Å². The van der Waals surface area contributed by atoms with E-state index in [1.165, 1.54) is 0 Å². The minimum atomic E-state index is -0.391. The van der Waals surface area contributed by atoms with Crippen molar-refractivity contribution in [2.24, 2.45) is 0 Å². The zero-order chi connectivity index (χ0) is 16.5. The summed E-state index contributed by atoms with van der Waals surface area (Å²) < 4.78 is 5.42. The molecule has 6 nitrogen and oxygen atoms in total. The maximum atomic E-state index is 12.0. The van der Waals surface area contributed by atoms with E-state index in [1.807, 2.05) is 48.5 Å². The van der Waals surface area contributed by atoms with E-state index in [4.69, 9.17) is 4.74 Å². The van der Waals surface area contributed by atoms with Gasteiger partial charge in [0, 0.05) is 22.7 Å². The molecule has 0 unspecified atom stereocenters. The number of nitrogens with zero attached hydrogens (tertiary/aromatic N) is 2. The lowest BCUT2D eigenvalue weighted by Crippen LogP contribution is -2.11. The van der Waals surface area contributed by atoms with Gasteiger partial charge in [-0.1, -0.05) is 18.2 Å². The minimum Gasteiger partial charge on any atom is -0.496 e. The summed E-state index contributed by atoms with van der Waals surface area (Å²) in [7, 11) is 1.60. The topological polar surface area (TPSA) is 83.7 Å². The fourth-order valence-electron chi connectivity index (χ4n) is 2.78. The van der Waals surface area contributed by atoms with Crippen LogP contribution in [0, 0.1) is 0 Å². The van der Waals surface area contributed by atoms with E-state index in [0.717, 1.165) is 27.7 Å². The quantitative estimate of drug-likeness (QED) is 0.608. The Morgan fingerprint density at radius 1 is 1.08 bits per heavy atom. The Morgan fingerprint density at radius 3 is 2.75 bits per heavy atom. The molecule has 0 amide bonds. The second-order valence-electron chi connectivity index (χ2n) is 5.32. The predicted molar refractivity (Wildman–Crippen MR) is 91.9 cm³/mol. The van der Waals surface area contributed by atoms with Gasteiger partial charge in [0.2, 0.25) is 0 Å². The van der Waals surface area contributed by atoms with Gasteiger partial charge in [-0.3, -0.25) is 5.10 Å². The van der Waals surface area contributed by atoms with Crippen molar-refractivity contribution in [2.75, 3.05) is 7.11 Å². The standard InChI is InChI=1S/C18H14N4O2/c1-24-16-5-3-2-4-12(16)17-13-10-11(14-8-9-19-22-14)6-7-15(13)20-18(23)21-17/h2-10H,1H3,(H,19,22)(H,20,21,23). The number of fused-ring (bicyclic) bond motifs is 1. The van der Waals surface area contributed by atoms with Crippen LogP contribution in [0.4, 0.5) is 0 Å². The molecule has 2 heterocycles. The number of hydrogen-bond acceptors (Lipinski definition) is 4. The number of nitrogens with one attached hydrogen (secondary N) is 2. The number of hydrogen-bond donors (Lipinski definition) is 2. The molecule has 4 rings (SSSR count). The van der Waals surface area contributed by atoms with Crippen molar-refractivity contribution in [3.63, 3.8) is 0 Å². The summed E-state index contributed by atoms with van der Waals surface area (Å²) in [5.74, 6) is 0.670. The van der Waals surface area contributed by atoms with Gasteiger partial charge in [0.1, 0.15) is 5.75 Å². The number of aromatic amines is 2. The largest absolute Gasteiger partial charge is 0.496 e. The highest BCUT2D eigenvalue weighted by Crippen LogP contribution is 2.33. The number of para-hydroxylation sites is 1. The molecular weight excluding hydrogens is 304 g/mol. The molecule has 0 spiro atoms. The van der Waals surface area contributed by atoms with Crippen LogP contribution in [-0.2, 0) is 0 Å². The second kappa shape index (κ2) is 5.66. The monoisotopic (exact) mass is 318 g/mol. The van der Waals surface area contributed by atoms with E-state index < -0.39 is 5.69 Å². The molecule has 4 aromatic rings. The van der Waals surface area contributed by atoms with E-state index in [1.54, 1.807) is 13.3 Å². The minimum absolute atomic E-state index is 0.391. The summed E-state index contributed by atoms with van der Waals surface area (Å²) >= 11 is 0. The van der Waals surface area contributed by atoms with Crippen LogP contribution < -0.4 is 10.4 Å². The van der Waals surface area contributed by atoms with E-state index in [0.29, 0.717) is 11.4 Å². The van der Waals surface area contributed by atoms with Crippen LogP contribution in [-0.4, -0.2) is 27.3 Å². The Balaban J connectivity index is 2.03. The van der Waals surface area contributed by atoms with Crippen LogP contribution in [0.25, 0.3) is 33.4 Å². The third-order valence-corrected chi connectivity index (χ3v) is 3.90. The molecule has 0 bridgehead atoms. The highest BCUT2D eigenvalue weighted by molar-refractivity contribution is 5.95. The Bertz CT molecular complexity index is 1070. The van der Waals surface area contributed by atoms with Gasteiger partial charge in [-0.15, -0.1) is 0 Å². The first kappa shape index (κ1) is 14.2. The summed E-state index contributed by atoms with van der Waals surface area (Å²) in [6, 6.07) is 15.2. The lowest BCUT2D eigenvalue weighted by Gasteiger charge is -2.10. The second-order valence-corrected chi connectivity index (χ2v) is 5.32. The van der Waals surface area contributed by atoms with E-state index in [2.05, 4.69) is 20.2 Å². The van der Waals surface area contributed by atoms with Crippen molar-refractivity contribution in [3.05, 3.63) is 65.2 Å². The number of ether oxygens (including phenoxy) is 1. The van der Waals surface area contributed by atoms with Gasteiger partial charge < -0.3 is 9.72 Å².